The first kappa shape index (κ1) is 15.0. The van der Waals surface area contributed by atoms with E-state index in [1.807, 2.05) is 0 Å². The van der Waals surface area contributed by atoms with Crippen molar-refractivity contribution in [3.05, 3.63) is 21.4 Å². The van der Waals surface area contributed by atoms with Crippen molar-refractivity contribution in [2.45, 2.75) is 43.4 Å². The largest absolute Gasteiger partial charge is 0.296 e. The zero-order valence-corrected chi connectivity index (χ0v) is 14.3. The molecule has 3 rings (SSSR count). The van der Waals surface area contributed by atoms with Crippen LogP contribution in [0.1, 0.15) is 46.3 Å². The topological polar surface area (TPSA) is 54.9 Å². The van der Waals surface area contributed by atoms with Gasteiger partial charge in [0.2, 0.25) is 5.13 Å². The number of carbonyl (C=O) groups excluding carboxylic acids is 1. The van der Waals surface area contributed by atoms with Crippen molar-refractivity contribution in [1.29, 1.82) is 0 Å². The summed E-state index contributed by atoms with van der Waals surface area (Å²) in [4.78, 5) is 14.5. The summed E-state index contributed by atoms with van der Waals surface area (Å²) in [6.07, 6.45) is 5.99. The number of rotatable bonds is 4. The summed E-state index contributed by atoms with van der Waals surface area (Å²) in [5.41, 5.74) is 1.36. The molecule has 4 nitrogen and oxygen atoms in total. The summed E-state index contributed by atoms with van der Waals surface area (Å²) in [7, 11) is 0. The molecule has 2 heterocycles. The number of anilines is 1. The number of fused-ring (bicyclic) bond motifs is 1. The number of nitrogens with zero attached hydrogens (tertiary/aromatic N) is 2. The van der Waals surface area contributed by atoms with Crippen molar-refractivity contribution in [3.63, 3.8) is 0 Å². The highest BCUT2D eigenvalue weighted by Gasteiger charge is 2.17. The predicted molar refractivity (Wildman–Crippen MR) is 89.8 cm³/mol. The number of thiophene rings is 1. The first-order chi connectivity index (χ1) is 10.3. The van der Waals surface area contributed by atoms with E-state index in [0.717, 1.165) is 27.8 Å². The molecule has 0 radical (unpaired) electrons. The Bertz CT molecular complexity index is 612. The first-order valence-corrected chi connectivity index (χ1v) is 9.77. The number of aromatic nitrogens is 2. The second-order valence-electron chi connectivity index (χ2n) is 4.88. The summed E-state index contributed by atoms with van der Waals surface area (Å²) in [5, 5.41) is 11.5. The summed E-state index contributed by atoms with van der Waals surface area (Å²) in [6.45, 7) is 2.07. The van der Waals surface area contributed by atoms with Gasteiger partial charge in [0.1, 0.15) is 0 Å². The van der Waals surface area contributed by atoms with E-state index in [4.69, 9.17) is 0 Å². The molecule has 112 valence electrons. The average Bonchev–Trinajstić information content (AvgIpc) is 3.01. The Balaban J connectivity index is 1.70. The van der Waals surface area contributed by atoms with Gasteiger partial charge >= 0.3 is 0 Å². The third-order valence-electron chi connectivity index (χ3n) is 3.37. The lowest BCUT2D eigenvalue weighted by atomic mass is 10.1. The van der Waals surface area contributed by atoms with Gasteiger partial charge < -0.3 is 0 Å². The zero-order valence-electron chi connectivity index (χ0n) is 11.8. The van der Waals surface area contributed by atoms with Crippen LogP contribution < -0.4 is 5.32 Å². The van der Waals surface area contributed by atoms with Crippen LogP contribution in [-0.2, 0) is 12.8 Å². The predicted octanol–water partition coefficient (Wildman–Crippen LogP) is 4.23. The molecule has 21 heavy (non-hydrogen) atoms. The van der Waals surface area contributed by atoms with E-state index in [-0.39, 0.29) is 5.91 Å². The number of hydrogen-bond acceptors (Lipinski definition) is 6. The molecule has 1 aliphatic rings. The number of hydrogen-bond donors (Lipinski definition) is 1. The lowest BCUT2D eigenvalue weighted by Crippen LogP contribution is -2.09. The third-order valence-corrected chi connectivity index (χ3v) is 6.46. The van der Waals surface area contributed by atoms with Gasteiger partial charge in [0.25, 0.3) is 5.91 Å². The van der Waals surface area contributed by atoms with Gasteiger partial charge in [0.15, 0.2) is 4.34 Å². The van der Waals surface area contributed by atoms with E-state index in [0.29, 0.717) is 5.13 Å². The minimum absolute atomic E-state index is 0.0581. The minimum atomic E-state index is -0.0581. The molecular formula is C14H17N3OS3. The van der Waals surface area contributed by atoms with E-state index in [2.05, 4.69) is 28.5 Å². The quantitative estimate of drug-likeness (QED) is 0.514. The van der Waals surface area contributed by atoms with Crippen molar-refractivity contribution in [2.24, 2.45) is 0 Å². The smallest absolute Gasteiger partial charge is 0.267 e. The molecule has 0 atom stereocenters. The number of carbonyl (C=O) groups is 1. The standard InChI is InChI=1S/C14H17N3OS3/c1-2-19-14-17-16-13(21-14)15-12(18)11-8-9-6-4-3-5-7-10(9)20-11/h8H,2-7H2,1H3,(H,15,16,18). The zero-order chi connectivity index (χ0) is 14.7. The van der Waals surface area contributed by atoms with Crippen molar-refractivity contribution >= 4 is 45.5 Å². The number of amides is 1. The monoisotopic (exact) mass is 339 g/mol. The lowest BCUT2D eigenvalue weighted by molar-refractivity contribution is 0.103. The molecule has 0 bridgehead atoms. The fraction of sp³-hybridized carbons (Fsp3) is 0.500. The summed E-state index contributed by atoms with van der Waals surface area (Å²) >= 11 is 4.70. The highest BCUT2D eigenvalue weighted by atomic mass is 32.2. The molecule has 2 aromatic heterocycles. The molecule has 1 aliphatic carbocycles. The second kappa shape index (κ2) is 6.89. The fourth-order valence-electron chi connectivity index (χ4n) is 2.38. The Hall–Kier alpha value is -0.920. The molecule has 0 aromatic carbocycles. The van der Waals surface area contributed by atoms with Gasteiger partial charge in [-0.3, -0.25) is 10.1 Å². The highest BCUT2D eigenvalue weighted by Crippen LogP contribution is 2.30. The molecule has 0 saturated carbocycles. The Labute approximate surface area is 136 Å². The van der Waals surface area contributed by atoms with Crippen LogP contribution in [0.2, 0.25) is 0 Å². The molecular weight excluding hydrogens is 322 g/mol. The van der Waals surface area contributed by atoms with Crippen LogP contribution in [0.15, 0.2) is 10.4 Å². The number of thioether (sulfide) groups is 1. The van der Waals surface area contributed by atoms with Crippen molar-refractivity contribution in [1.82, 2.24) is 10.2 Å². The maximum Gasteiger partial charge on any atom is 0.267 e. The molecule has 2 aromatic rings. The van der Waals surface area contributed by atoms with Crippen LogP contribution in [0, 0.1) is 0 Å². The van der Waals surface area contributed by atoms with E-state index in [1.54, 1.807) is 23.1 Å². The minimum Gasteiger partial charge on any atom is -0.296 e. The van der Waals surface area contributed by atoms with Crippen molar-refractivity contribution in [3.8, 4) is 0 Å². The summed E-state index contributed by atoms with van der Waals surface area (Å²) in [5.74, 6) is 0.900. The van der Waals surface area contributed by atoms with Crippen LogP contribution >= 0.6 is 34.4 Å². The molecule has 0 unspecified atom stereocenters. The normalized spacial score (nSPS) is 14.5. The van der Waals surface area contributed by atoms with Gasteiger partial charge in [0.05, 0.1) is 4.88 Å². The molecule has 1 N–H and O–H groups in total. The molecule has 0 fully saturated rings. The highest BCUT2D eigenvalue weighted by molar-refractivity contribution is 8.01. The Morgan fingerprint density at radius 2 is 2.14 bits per heavy atom. The molecule has 1 amide bonds. The van der Waals surface area contributed by atoms with Crippen LogP contribution in [-0.4, -0.2) is 21.9 Å². The van der Waals surface area contributed by atoms with E-state index in [9.17, 15) is 4.79 Å². The summed E-state index contributed by atoms with van der Waals surface area (Å²) in [6, 6.07) is 2.06. The number of aryl methyl sites for hydroxylation is 2. The fourth-order valence-corrected chi connectivity index (χ4v) is 5.17. The van der Waals surface area contributed by atoms with E-state index in [1.165, 1.54) is 41.0 Å². The van der Waals surface area contributed by atoms with E-state index >= 15 is 0 Å². The van der Waals surface area contributed by atoms with Gasteiger partial charge in [0, 0.05) is 4.88 Å². The van der Waals surface area contributed by atoms with Gasteiger partial charge in [-0.15, -0.1) is 21.5 Å². The SMILES string of the molecule is CCSc1nnc(NC(=O)c2cc3c(s2)CCCCC3)s1. The summed E-state index contributed by atoms with van der Waals surface area (Å²) < 4.78 is 0.898. The first-order valence-electron chi connectivity index (χ1n) is 7.15. The van der Waals surface area contributed by atoms with Crippen molar-refractivity contribution < 1.29 is 4.79 Å². The van der Waals surface area contributed by atoms with Crippen molar-refractivity contribution in [2.75, 3.05) is 11.1 Å². The van der Waals surface area contributed by atoms with Crippen LogP contribution in [0.25, 0.3) is 0 Å². The van der Waals surface area contributed by atoms with Crippen LogP contribution in [0.5, 0.6) is 0 Å². The molecule has 0 spiro atoms. The average molecular weight is 340 g/mol. The molecule has 0 aliphatic heterocycles. The molecule has 0 saturated heterocycles. The van der Waals surface area contributed by atoms with Crippen LogP contribution in [0.4, 0.5) is 5.13 Å². The third kappa shape index (κ3) is 3.64. The molecule has 7 heteroatoms. The maximum atomic E-state index is 12.3. The Morgan fingerprint density at radius 1 is 1.29 bits per heavy atom. The van der Waals surface area contributed by atoms with Gasteiger partial charge in [-0.25, -0.2) is 0 Å². The lowest BCUT2D eigenvalue weighted by Gasteiger charge is -1.97. The Morgan fingerprint density at radius 3 is 3.00 bits per heavy atom. The second-order valence-corrected chi connectivity index (χ2v) is 8.51. The number of nitrogens with one attached hydrogen (secondary N) is 1. The van der Waals surface area contributed by atoms with Gasteiger partial charge in [-0.2, -0.15) is 0 Å². The maximum absolute atomic E-state index is 12.3. The van der Waals surface area contributed by atoms with Crippen LogP contribution in [0.3, 0.4) is 0 Å². The van der Waals surface area contributed by atoms with Gasteiger partial charge in [-0.05, 0) is 43.1 Å². The van der Waals surface area contributed by atoms with E-state index < -0.39 is 0 Å². The Kier molecular flexibility index (Phi) is 4.92. The van der Waals surface area contributed by atoms with Gasteiger partial charge in [-0.1, -0.05) is 36.4 Å².